The maximum atomic E-state index is 12.9. The molecule has 1 aromatic carbocycles. The second-order valence-electron chi connectivity index (χ2n) is 5.29. The Balaban J connectivity index is 2.14. The number of carbonyl (C=O) groups is 2. The van der Waals surface area contributed by atoms with Crippen LogP contribution in [0.3, 0.4) is 0 Å². The third-order valence-electron chi connectivity index (χ3n) is 3.76. The predicted octanol–water partition coefficient (Wildman–Crippen LogP) is 2.84. The van der Waals surface area contributed by atoms with E-state index < -0.39 is 0 Å². The highest BCUT2D eigenvalue weighted by Gasteiger charge is 2.31. The van der Waals surface area contributed by atoms with Crippen LogP contribution in [0.15, 0.2) is 24.3 Å². The molecule has 0 N–H and O–H groups in total. The summed E-state index contributed by atoms with van der Waals surface area (Å²) in [6.07, 6.45) is 3.23. The molecule has 0 aromatic heterocycles. The number of hydrogen-bond acceptors (Lipinski definition) is 3. The van der Waals surface area contributed by atoms with Crippen LogP contribution in [0.1, 0.15) is 43.0 Å². The fourth-order valence-corrected chi connectivity index (χ4v) is 2.60. The minimum Gasteiger partial charge on any atom is -0.298 e. The molecule has 1 fully saturated rings. The lowest BCUT2D eigenvalue weighted by Gasteiger charge is -2.25. The number of halogens is 1. The normalized spacial score (nSPS) is 17.4. The number of likely N-dealkylation sites (tertiary alicyclic amines) is 1. The van der Waals surface area contributed by atoms with Crippen molar-refractivity contribution in [3.05, 3.63) is 35.6 Å². The van der Waals surface area contributed by atoms with Gasteiger partial charge in [0.15, 0.2) is 5.78 Å². The van der Waals surface area contributed by atoms with Crippen molar-refractivity contribution in [1.82, 2.24) is 4.90 Å². The van der Waals surface area contributed by atoms with E-state index in [0.717, 1.165) is 19.3 Å². The van der Waals surface area contributed by atoms with Gasteiger partial charge in [0.05, 0.1) is 12.6 Å². The van der Waals surface area contributed by atoms with Gasteiger partial charge in [-0.3, -0.25) is 14.5 Å². The van der Waals surface area contributed by atoms with E-state index in [9.17, 15) is 14.0 Å². The first-order chi connectivity index (χ1) is 9.61. The molecule has 0 spiro atoms. The van der Waals surface area contributed by atoms with Gasteiger partial charge in [-0.15, -0.1) is 0 Å². The SMILES string of the molecule is CCCCC(C(=O)c1ccc(F)cc1)N1CCC(=O)C1. The molecule has 0 saturated carbocycles. The summed E-state index contributed by atoms with van der Waals surface area (Å²) in [7, 11) is 0. The summed E-state index contributed by atoms with van der Waals surface area (Å²) in [5, 5.41) is 0. The van der Waals surface area contributed by atoms with Gasteiger partial charge < -0.3 is 0 Å². The van der Waals surface area contributed by atoms with Crippen molar-refractivity contribution in [2.45, 2.75) is 38.6 Å². The standard InChI is InChI=1S/C16H20FNO2/c1-2-3-4-15(18-10-9-14(19)11-18)16(20)12-5-7-13(17)8-6-12/h5-8,15H,2-4,9-11H2,1H3. The van der Waals surface area contributed by atoms with Gasteiger partial charge >= 0.3 is 0 Å². The highest BCUT2D eigenvalue weighted by Crippen LogP contribution is 2.19. The van der Waals surface area contributed by atoms with Crippen LogP contribution in [-0.4, -0.2) is 35.6 Å². The lowest BCUT2D eigenvalue weighted by molar-refractivity contribution is -0.117. The number of ketones is 2. The molecular formula is C16H20FNO2. The third kappa shape index (κ3) is 3.51. The van der Waals surface area contributed by atoms with E-state index in [-0.39, 0.29) is 23.4 Å². The molecule has 1 aliphatic rings. The van der Waals surface area contributed by atoms with Crippen LogP contribution in [0, 0.1) is 5.82 Å². The van der Waals surface area contributed by atoms with Crippen molar-refractivity contribution in [2.24, 2.45) is 0 Å². The second-order valence-corrected chi connectivity index (χ2v) is 5.29. The molecule has 1 heterocycles. The molecular weight excluding hydrogens is 257 g/mol. The van der Waals surface area contributed by atoms with Gasteiger partial charge in [0.1, 0.15) is 11.6 Å². The van der Waals surface area contributed by atoms with Crippen LogP contribution in [0.5, 0.6) is 0 Å². The molecule has 2 rings (SSSR count). The Morgan fingerprint density at radius 3 is 2.60 bits per heavy atom. The van der Waals surface area contributed by atoms with Crippen molar-refractivity contribution in [2.75, 3.05) is 13.1 Å². The van der Waals surface area contributed by atoms with Crippen molar-refractivity contribution in [3.63, 3.8) is 0 Å². The maximum Gasteiger partial charge on any atom is 0.179 e. The first kappa shape index (κ1) is 14.9. The Bertz CT molecular complexity index is 484. The molecule has 0 aliphatic carbocycles. The zero-order chi connectivity index (χ0) is 14.5. The van der Waals surface area contributed by atoms with Crippen molar-refractivity contribution >= 4 is 11.6 Å². The number of Topliss-reactive ketones (excluding diaryl/α,β-unsaturated/α-hetero) is 2. The summed E-state index contributed by atoms with van der Waals surface area (Å²) in [5.74, 6) is -0.158. The Hall–Kier alpha value is -1.55. The van der Waals surface area contributed by atoms with E-state index in [4.69, 9.17) is 0 Å². The zero-order valence-corrected chi connectivity index (χ0v) is 11.8. The van der Waals surface area contributed by atoms with Gasteiger partial charge in [0.2, 0.25) is 0 Å². The quantitative estimate of drug-likeness (QED) is 0.750. The Morgan fingerprint density at radius 2 is 2.05 bits per heavy atom. The Morgan fingerprint density at radius 1 is 1.35 bits per heavy atom. The van der Waals surface area contributed by atoms with Gasteiger partial charge in [-0.2, -0.15) is 0 Å². The molecule has 1 unspecified atom stereocenters. The number of nitrogens with zero attached hydrogens (tertiary/aromatic N) is 1. The summed E-state index contributed by atoms with van der Waals surface area (Å²) in [6, 6.07) is 5.40. The van der Waals surface area contributed by atoms with E-state index in [0.29, 0.717) is 25.1 Å². The number of unbranched alkanes of at least 4 members (excludes halogenated alkanes) is 1. The number of hydrogen-bond donors (Lipinski definition) is 0. The molecule has 0 amide bonds. The second kappa shape index (κ2) is 6.75. The van der Waals surface area contributed by atoms with Crippen molar-refractivity contribution < 1.29 is 14.0 Å². The van der Waals surface area contributed by atoms with Crippen LogP contribution in [-0.2, 0) is 4.79 Å². The number of carbonyl (C=O) groups excluding carboxylic acids is 2. The molecule has 1 aromatic rings. The van der Waals surface area contributed by atoms with Crippen LogP contribution in [0.2, 0.25) is 0 Å². The largest absolute Gasteiger partial charge is 0.298 e. The fraction of sp³-hybridized carbons (Fsp3) is 0.500. The summed E-state index contributed by atoms with van der Waals surface area (Å²) >= 11 is 0. The zero-order valence-electron chi connectivity index (χ0n) is 11.8. The van der Waals surface area contributed by atoms with Crippen LogP contribution >= 0.6 is 0 Å². The molecule has 0 bridgehead atoms. The molecule has 3 nitrogen and oxygen atoms in total. The lowest BCUT2D eigenvalue weighted by Crippen LogP contribution is -2.40. The first-order valence-corrected chi connectivity index (χ1v) is 7.17. The maximum absolute atomic E-state index is 12.9. The summed E-state index contributed by atoms with van der Waals surface area (Å²) < 4.78 is 12.9. The highest BCUT2D eigenvalue weighted by molar-refractivity contribution is 6.00. The van der Waals surface area contributed by atoms with Gasteiger partial charge in [-0.1, -0.05) is 19.8 Å². The first-order valence-electron chi connectivity index (χ1n) is 7.17. The molecule has 1 aliphatic heterocycles. The third-order valence-corrected chi connectivity index (χ3v) is 3.76. The monoisotopic (exact) mass is 277 g/mol. The van der Waals surface area contributed by atoms with Crippen molar-refractivity contribution in [3.8, 4) is 0 Å². The average Bonchev–Trinajstić information content (AvgIpc) is 2.86. The van der Waals surface area contributed by atoms with E-state index in [2.05, 4.69) is 6.92 Å². The summed E-state index contributed by atoms with van der Waals surface area (Å²) in [5.41, 5.74) is 0.520. The number of benzene rings is 1. The smallest absolute Gasteiger partial charge is 0.179 e. The van der Waals surface area contributed by atoms with Crippen molar-refractivity contribution in [1.29, 1.82) is 0 Å². The summed E-state index contributed by atoms with van der Waals surface area (Å²) in [6.45, 7) is 3.09. The van der Waals surface area contributed by atoms with Gasteiger partial charge in [-0.05, 0) is 30.7 Å². The van der Waals surface area contributed by atoms with E-state index in [1.54, 1.807) is 0 Å². The van der Waals surface area contributed by atoms with E-state index in [1.807, 2.05) is 4.90 Å². The summed E-state index contributed by atoms with van der Waals surface area (Å²) in [4.78, 5) is 26.0. The predicted molar refractivity (Wildman–Crippen MR) is 75.2 cm³/mol. The fourth-order valence-electron chi connectivity index (χ4n) is 2.60. The molecule has 0 radical (unpaired) electrons. The number of rotatable bonds is 6. The highest BCUT2D eigenvalue weighted by atomic mass is 19.1. The van der Waals surface area contributed by atoms with E-state index >= 15 is 0 Å². The minimum absolute atomic E-state index is 0.00634. The van der Waals surface area contributed by atoms with Crippen LogP contribution in [0.25, 0.3) is 0 Å². The van der Waals surface area contributed by atoms with Gasteiger partial charge in [0.25, 0.3) is 0 Å². The van der Waals surface area contributed by atoms with Crippen LogP contribution in [0.4, 0.5) is 4.39 Å². The lowest BCUT2D eigenvalue weighted by atomic mass is 9.98. The van der Waals surface area contributed by atoms with E-state index in [1.165, 1.54) is 24.3 Å². The topological polar surface area (TPSA) is 37.4 Å². The molecule has 108 valence electrons. The van der Waals surface area contributed by atoms with Gasteiger partial charge in [0, 0.05) is 18.5 Å². The Labute approximate surface area is 118 Å². The van der Waals surface area contributed by atoms with Gasteiger partial charge in [-0.25, -0.2) is 4.39 Å². The molecule has 20 heavy (non-hydrogen) atoms. The average molecular weight is 277 g/mol. The molecule has 1 saturated heterocycles. The van der Waals surface area contributed by atoms with Crippen LogP contribution < -0.4 is 0 Å². The molecule has 1 atom stereocenters. The molecule has 4 heteroatoms. The minimum atomic E-state index is -0.344. The Kier molecular flexibility index (Phi) is 5.01.